The van der Waals surface area contributed by atoms with E-state index in [1.54, 1.807) is 0 Å². The first-order chi connectivity index (χ1) is 9.41. The number of carbonyl (C=O) groups is 1. The van der Waals surface area contributed by atoms with Gasteiger partial charge in [0.25, 0.3) is 5.69 Å². The molecule has 0 unspecified atom stereocenters. The second kappa shape index (κ2) is 5.46. The van der Waals surface area contributed by atoms with Gasteiger partial charge in [-0.2, -0.15) is 0 Å². The Morgan fingerprint density at radius 2 is 2.10 bits per heavy atom. The SMILES string of the molecule is NC1(CC(=O)Nc2c(O)cccc2[N+](=O)[O-])CCCC1. The first kappa shape index (κ1) is 14.3. The van der Waals surface area contributed by atoms with Gasteiger partial charge in [0.15, 0.2) is 5.69 Å². The normalized spacial score (nSPS) is 16.9. The molecule has 7 heteroatoms. The molecule has 0 saturated heterocycles. The van der Waals surface area contributed by atoms with E-state index in [-0.39, 0.29) is 23.5 Å². The maximum Gasteiger partial charge on any atom is 0.296 e. The monoisotopic (exact) mass is 279 g/mol. The molecule has 1 aliphatic carbocycles. The number of nitro benzene ring substituents is 1. The van der Waals surface area contributed by atoms with E-state index in [4.69, 9.17) is 5.73 Å². The van der Waals surface area contributed by atoms with Crippen LogP contribution in [0.15, 0.2) is 18.2 Å². The van der Waals surface area contributed by atoms with Crippen molar-refractivity contribution in [3.8, 4) is 5.75 Å². The van der Waals surface area contributed by atoms with Crippen molar-refractivity contribution in [3.63, 3.8) is 0 Å². The van der Waals surface area contributed by atoms with Crippen molar-refractivity contribution in [1.29, 1.82) is 0 Å². The summed E-state index contributed by atoms with van der Waals surface area (Å²) in [6.45, 7) is 0. The highest BCUT2D eigenvalue weighted by atomic mass is 16.6. The molecular weight excluding hydrogens is 262 g/mol. The Labute approximate surface area is 115 Å². The number of amides is 1. The van der Waals surface area contributed by atoms with Gasteiger partial charge in [0.2, 0.25) is 5.91 Å². The van der Waals surface area contributed by atoms with E-state index >= 15 is 0 Å². The number of carbonyl (C=O) groups excluding carboxylic acids is 1. The lowest BCUT2D eigenvalue weighted by Crippen LogP contribution is -2.40. The zero-order chi connectivity index (χ0) is 14.8. The highest BCUT2D eigenvalue weighted by Gasteiger charge is 2.32. The molecule has 1 aromatic carbocycles. The molecule has 0 aromatic heterocycles. The Kier molecular flexibility index (Phi) is 3.89. The van der Waals surface area contributed by atoms with Crippen LogP contribution in [0.2, 0.25) is 0 Å². The predicted molar refractivity (Wildman–Crippen MR) is 73.4 cm³/mol. The Morgan fingerprint density at radius 1 is 1.45 bits per heavy atom. The molecule has 0 aliphatic heterocycles. The van der Waals surface area contributed by atoms with E-state index in [1.807, 2.05) is 0 Å². The Bertz CT molecular complexity index is 538. The highest BCUT2D eigenvalue weighted by Crippen LogP contribution is 2.34. The van der Waals surface area contributed by atoms with Crippen LogP contribution in [0.3, 0.4) is 0 Å². The predicted octanol–water partition coefficient (Wildman–Crippen LogP) is 1.90. The molecule has 20 heavy (non-hydrogen) atoms. The van der Waals surface area contributed by atoms with Crippen molar-refractivity contribution in [1.82, 2.24) is 0 Å². The molecule has 2 rings (SSSR count). The van der Waals surface area contributed by atoms with E-state index < -0.39 is 16.4 Å². The van der Waals surface area contributed by atoms with Crippen LogP contribution in [0.25, 0.3) is 0 Å². The van der Waals surface area contributed by atoms with E-state index in [2.05, 4.69) is 5.32 Å². The molecule has 0 radical (unpaired) electrons. The van der Waals surface area contributed by atoms with E-state index in [1.165, 1.54) is 18.2 Å². The molecule has 0 heterocycles. The minimum Gasteiger partial charge on any atom is -0.505 e. The van der Waals surface area contributed by atoms with Crippen LogP contribution in [0, 0.1) is 10.1 Å². The lowest BCUT2D eigenvalue weighted by molar-refractivity contribution is -0.384. The summed E-state index contributed by atoms with van der Waals surface area (Å²) in [6, 6.07) is 3.87. The molecular formula is C13H17N3O4. The number of hydrogen-bond acceptors (Lipinski definition) is 5. The van der Waals surface area contributed by atoms with Crippen molar-refractivity contribution < 1.29 is 14.8 Å². The number of aromatic hydroxyl groups is 1. The Hall–Kier alpha value is -2.15. The number of nitrogens with zero attached hydrogens (tertiary/aromatic N) is 1. The summed E-state index contributed by atoms with van der Waals surface area (Å²) in [7, 11) is 0. The van der Waals surface area contributed by atoms with Crippen LogP contribution in [0.1, 0.15) is 32.1 Å². The maximum atomic E-state index is 12.0. The van der Waals surface area contributed by atoms with Crippen molar-refractivity contribution >= 4 is 17.3 Å². The number of nitrogens with one attached hydrogen (secondary N) is 1. The first-order valence-electron chi connectivity index (χ1n) is 6.46. The van der Waals surface area contributed by atoms with Crippen LogP contribution in [0.4, 0.5) is 11.4 Å². The summed E-state index contributed by atoms with van der Waals surface area (Å²) in [6.07, 6.45) is 3.60. The van der Waals surface area contributed by atoms with Gasteiger partial charge in [-0.3, -0.25) is 14.9 Å². The second-order valence-corrected chi connectivity index (χ2v) is 5.22. The standard InChI is InChI=1S/C13H17N3O4/c14-13(6-1-2-7-13)8-11(18)15-12-9(16(19)20)4-3-5-10(12)17/h3-5,17H,1-2,6-8,14H2,(H,15,18). The van der Waals surface area contributed by atoms with Crippen LogP contribution in [-0.2, 0) is 4.79 Å². The largest absolute Gasteiger partial charge is 0.505 e. The molecule has 4 N–H and O–H groups in total. The minimum atomic E-state index is -0.650. The summed E-state index contributed by atoms with van der Waals surface area (Å²) in [5.74, 6) is -0.746. The summed E-state index contributed by atoms with van der Waals surface area (Å²) in [5.41, 5.74) is 5.04. The van der Waals surface area contributed by atoms with Gasteiger partial charge in [-0.15, -0.1) is 0 Å². The zero-order valence-corrected chi connectivity index (χ0v) is 11.0. The topological polar surface area (TPSA) is 118 Å². The van der Waals surface area contributed by atoms with Gasteiger partial charge in [-0.1, -0.05) is 18.9 Å². The van der Waals surface area contributed by atoms with Crippen molar-refractivity contribution in [2.45, 2.75) is 37.6 Å². The fourth-order valence-electron chi connectivity index (χ4n) is 2.57. The first-order valence-corrected chi connectivity index (χ1v) is 6.46. The fraction of sp³-hybridized carbons (Fsp3) is 0.462. The molecule has 108 valence electrons. The minimum absolute atomic E-state index is 0.0957. The summed E-state index contributed by atoms with van der Waals surface area (Å²) < 4.78 is 0. The summed E-state index contributed by atoms with van der Waals surface area (Å²) in [5, 5.41) is 22.9. The number of nitro groups is 1. The average molecular weight is 279 g/mol. The van der Waals surface area contributed by atoms with Crippen LogP contribution < -0.4 is 11.1 Å². The quantitative estimate of drug-likeness (QED) is 0.442. The number of para-hydroxylation sites is 1. The maximum absolute atomic E-state index is 12.0. The average Bonchev–Trinajstić information content (AvgIpc) is 2.77. The Balaban J connectivity index is 2.13. The number of hydrogen-bond donors (Lipinski definition) is 3. The zero-order valence-electron chi connectivity index (χ0n) is 11.0. The molecule has 1 aliphatic rings. The molecule has 7 nitrogen and oxygen atoms in total. The van der Waals surface area contributed by atoms with Crippen LogP contribution in [0.5, 0.6) is 5.75 Å². The lowest BCUT2D eigenvalue weighted by atomic mass is 9.94. The number of anilines is 1. The molecule has 0 atom stereocenters. The van der Waals surface area contributed by atoms with Gasteiger partial charge in [0.05, 0.1) is 4.92 Å². The number of rotatable bonds is 4. The number of benzene rings is 1. The van der Waals surface area contributed by atoms with Gasteiger partial charge in [-0.25, -0.2) is 0 Å². The van der Waals surface area contributed by atoms with Crippen molar-refractivity contribution in [2.24, 2.45) is 5.73 Å². The van der Waals surface area contributed by atoms with Crippen LogP contribution in [-0.4, -0.2) is 21.5 Å². The fourth-order valence-corrected chi connectivity index (χ4v) is 2.57. The van der Waals surface area contributed by atoms with Gasteiger partial charge in [0.1, 0.15) is 5.75 Å². The third kappa shape index (κ3) is 3.05. The molecule has 1 aromatic rings. The van der Waals surface area contributed by atoms with E-state index in [0.29, 0.717) is 0 Å². The van der Waals surface area contributed by atoms with Gasteiger partial charge >= 0.3 is 0 Å². The molecule has 0 spiro atoms. The van der Waals surface area contributed by atoms with Gasteiger partial charge in [-0.05, 0) is 18.9 Å². The third-order valence-electron chi connectivity index (χ3n) is 3.59. The van der Waals surface area contributed by atoms with E-state index in [0.717, 1.165) is 25.7 Å². The summed E-state index contributed by atoms with van der Waals surface area (Å²) >= 11 is 0. The van der Waals surface area contributed by atoms with E-state index in [9.17, 15) is 20.0 Å². The summed E-state index contributed by atoms with van der Waals surface area (Å²) in [4.78, 5) is 22.2. The van der Waals surface area contributed by atoms with Crippen molar-refractivity contribution in [2.75, 3.05) is 5.32 Å². The lowest BCUT2D eigenvalue weighted by Gasteiger charge is -2.22. The molecule has 1 saturated carbocycles. The van der Waals surface area contributed by atoms with Crippen molar-refractivity contribution in [3.05, 3.63) is 28.3 Å². The number of nitrogens with two attached hydrogens (primary N) is 1. The number of phenolic OH excluding ortho intramolecular Hbond substituents is 1. The van der Waals surface area contributed by atoms with Crippen LogP contribution >= 0.6 is 0 Å². The molecule has 1 amide bonds. The second-order valence-electron chi connectivity index (χ2n) is 5.22. The third-order valence-corrected chi connectivity index (χ3v) is 3.59. The highest BCUT2D eigenvalue weighted by molar-refractivity contribution is 5.95. The Morgan fingerprint density at radius 3 is 2.70 bits per heavy atom. The number of phenols is 1. The molecule has 1 fully saturated rings. The van der Waals surface area contributed by atoms with Gasteiger partial charge < -0.3 is 16.2 Å². The smallest absolute Gasteiger partial charge is 0.296 e. The molecule has 0 bridgehead atoms. The van der Waals surface area contributed by atoms with Gasteiger partial charge in [0, 0.05) is 18.0 Å².